The van der Waals surface area contributed by atoms with Gasteiger partial charge in [0.1, 0.15) is 5.82 Å². The maximum atomic E-state index is 13.2. The number of nitrogens with one attached hydrogen (secondary N) is 1. The van der Waals surface area contributed by atoms with Crippen LogP contribution in [0.3, 0.4) is 0 Å². The summed E-state index contributed by atoms with van der Waals surface area (Å²) < 4.78 is 2.15. The van der Waals surface area contributed by atoms with Crippen molar-refractivity contribution in [3.05, 3.63) is 63.8 Å². The molecule has 1 fully saturated rings. The summed E-state index contributed by atoms with van der Waals surface area (Å²) in [7, 11) is 2.05. The number of H-pyrrole nitrogens is 1. The van der Waals surface area contributed by atoms with Crippen LogP contribution in [-0.2, 0) is 7.05 Å². The van der Waals surface area contributed by atoms with E-state index >= 15 is 0 Å². The van der Waals surface area contributed by atoms with E-state index in [1.165, 1.54) is 6.07 Å². The number of pyridine rings is 1. The zero-order valence-electron chi connectivity index (χ0n) is 16.6. The number of aromatic nitrogens is 3. The highest BCUT2D eigenvalue weighted by molar-refractivity contribution is 5.95. The molecular formula is C22H26N4O2. The van der Waals surface area contributed by atoms with Gasteiger partial charge in [0.25, 0.3) is 5.91 Å². The van der Waals surface area contributed by atoms with Crippen molar-refractivity contribution < 1.29 is 4.79 Å². The molecule has 6 nitrogen and oxygen atoms in total. The third-order valence-electron chi connectivity index (χ3n) is 5.65. The number of likely N-dealkylation sites (tertiary alicyclic amines) is 1. The van der Waals surface area contributed by atoms with Gasteiger partial charge >= 0.3 is 0 Å². The van der Waals surface area contributed by atoms with Gasteiger partial charge in [-0.25, -0.2) is 4.98 Å². The number of piperidine rings is 1. The number of hydrogen-bond donors (Lipinski definition) is 1. The number of carbonyl (C=O) groups is 1. The molecule has 4 rings (SSSR count). The quantitative estimate of drug-likeness (QED) is 0.759. The van der Waals surface area contributed by atoms with Gasteiger partial charge in [-0.15, -0.1) is 0 Å². The van der Waals surface area contributed by atoms with Crippen LogP contribution in [0.1, 0.15) is 60.4 Å². The van der Waals surface area contributed by atoms with Crippen LogP contribution in [0, 0.1) is 0 Å². The fourth-order valence-corrected chi connectivity index (χ4v) is 4.20. The number of fused-ring (bicyclic) bond motifs is 1. The monoisotopic (exact) mass is 378 g/mol. The Hall–Kier alpha value is -2.89. The van der Waals surface area contributed by atoms with Gasteiger partial charge in [0.2, 0.25) is 5.56 Å². The number of para-hydroxylation sites is 2. The lowest BCUT2D eigenvalue weighted by molar-refractivity contribution is 0.0701. The van der Waals surface area contributed by atoms with Crippen molar-refractivity contribution in [1.82, 2.24) is 19.4 Å². The summed E-state index contributed by atoms with van der Waals surface area (Å²) in [6, 6.07) is 11.2. The van der Waals surface area contributed by atoms with Crippen molar-refractivity contribution in [3.63, 3.8) is 0 Å². The van der Waals surface area contributed by atoms with Crippen LogP contribution in [0.15, 0.2) is 41.2 Å². The highest BCUT2D eigenvalue weighted by Gasteiger charge is 2.29. The van der Waals surface area contributed by atoms with Crippen LogP contribution >= 0.6 is 0 Å². The van der Waals surface area contributed by atoms with Gasteiger partial charge in [0, 0.05) is 37.8 Å². The molecule has 146 valence electrons. The lowest BCUT2D eigenvalue weighted by Gasteiger charge is -2.33. The number of nitrogens with zero attached hydrogens (tertiary/aromatic N) is 3. The first kappa shape index (κ1) is 18.5. The lowest BCUT2D eigenvalue weighted by atomic mass is 9.95. The molecule has 2 aromatic heterocycles. The summed E-state index contributed by atoms with van der Waals surface area (Å²) in [5.74, 6) is 1.31. The van der Waals surface area contributed by atoms with Gasteiger partial charge in [-0.1, -0.05) is 26.0 Å². The van der Waals surface area contributed by atoms with E-state index in [0.717, 1.165) is 36.2 Å². The Bertz CT molecular complexity index is 1080. The molecule has 28 heavy (non-hydrogen) atoms. The van der Waals surface area contributed by atoms with Crippen molar-refractivity contribution in [2.24, 2.45) is 7.05 Å². The Labute approximate surface area is 164 Å². The highest BCUT2D eigenvalue weighted by Crippen LogP contribution is 2.30. The maximum Gasteiger partial charge on any atom is 0.255 e. The van der Waals surface area contributed by atoms with E-state index in [9.17, 15) is 9.59 Å². The number of aryl methyl sites for hydroxylation is 1. The van der Waals surface area contributed by atoms with Crippen molar-refractivity contribution >= 4 is 16.9 Å². The van der Waals surface area contributed by atoms with Crippen molar-refractivity contribution in [3.8, 4) is 0 Å². The largest absolute Gasteiger partial charge is 0.338 e. The summed E-state index contributed by atoms with van der Waals surface area (Å²) in [6.07, 6.45) is 1.96. The SMILES string of the molecule is CC(C)c1[nH]c(=O)ccc1C(=O)N1CCCC(c2nc3ccccc3n2C)C1. The topological polar surface area (TPSA) is 71.0 Å². The lowest BCUT2D eigenvalue weighted by Crippen LogP contribution is -2.40. The molecule has 0 bridgehead atoms. The maximum absolute atomic E-state index is 13.2. The number of hydrogen-bond acceptors (Lipinski definition) is 3. The van der Waals surface area contributed by atoms with Crippen molar-refractivity contribution in [2.45, 2.75) is 38.5 Å². The molecule has 1 aliphatic rings. The van der Waals surface area contributed by atoms with Crippen LogP contribution in [0.5, 0.6) is 0 Å². The highest BCUT2D eigenvalue weighted by atomic mass is 16.2. The van der Waals surface area contributed by atoms with Gasteiger partial charge in [0.15, 0.2) is 0 Å². The summed E-state index contributed by atoms with van der Waals surface area (Å²) in [5, 5.41) is 0. The van der Waals surface area contributed by atoms with Crippen LogP contribution < -0.4 is 5.56 Å². The smallest absolute Gasteiger partial charge is 0.255 e. The molecule has 0 radical (unpaired) electrons. The zero-order valence-corrected chi connectivity index (χ0v) is 16.6. The van der Waals surface area contributed by atoms with Gasteiger partial charge in [0.05, 0.1) is 16.6 Å². The first-order chi connectivity index (χ1) is 13.5. The predicted molar refractivity (Wildman–Crippen MR) is 110 cm³/mol. The molecule has 0 spiro atoms. The molecule has 1 atom stereocenters. The number of rotatable bonds is 3. The molecule has 0 saturated carbocycles. The summed E-state index contributed by atoms with van der Waals surface area (Å²) >= 11 is 0. The average molecular weight is 378 g/mol. The van der Waals surface area contributed by atoms with Crippen molar-refractivity contribution in [2.75, 3.05) is 13.1 Å². The molecular weight excluding hydrogens is 352 g/mol. The minimum atomic E-state index is -0.170. The van der Waals surface area contributed by atoms with E-state index in [2.05, 4.69) is 15.6 Å². The Morgan fingerprint density at radius 3 is 2.75 bits per heavy atom. The third kappa shape index (κ3) is 3.23. The standard InChI is InChI=1S/C22H26N4O2/c1-14(2)20-16(10-11-19(27)24-20)22(28)26-12-6-7-15(13-26)21-23-17-8-4-5-9-18(17)25(21)3/h4-5,8-11,14-15H,6-7,12-13H2,1-3H3,(H,24,27). The first-order valence-electron chi connectivity index (χ1n) is 9.89. The number of carbonyl (C=O) groups excluding carboxylic acids is 1. The van der Waals surface area contributed by atoms with E-state index < -0.39 is 0 Å². The summed E-state index contributed by atoms with van der Waals surface area (Å²) in [6.45, 7) is 5.35. The Morgan fingerprint density at radius 2 is 2.00 bits per heavy atom. The molecule has 1 aromatic carbocycles. The van der Waals surface area contributed by atoms with E-state index in [1.54, 1.807) is 6.07 Å². The number of imidazole rings is 1. The molecule has 6 heteroatoms. The Kier molecular flexibility index (Phi) is 4.79. The molecule has 3 heterocycles. The van der Waals surface area contributed by atoms with Gasteiger partial charge in [-0.2, -0.15) is 0 Å². The van der Waals surface area contributed by atoms with Crippen LogP contribution in [0.25, 0.3) is 11.0 Å². The number of amides is 1. The van der Waals surface area contributed by atoms with Gasteiger partial charge < -0.3 is 14.5 Å². The van der Waals surface area contributed by atoms with E-state index in [0.29, 0.717) is 17.8 Å². The second-order valence-corrected chi connectivity index (χ2v) is 7.91. The molecule has 1 saturated heterocycles. The van der Waals surface area contributed by atoms with Crippen LogP contribution in [0.2, 0.25) is 0 Å². The first-order valence-corrected chi connectivity index (χ1v) is 9.89. The zero-order chi connectivity index (χ0) is 19.8. The number of benzene rings is 1. The Morgan fingerprint density at radius 1 is 1.21 bits per heavy atom. The van der Waals surface area contributed by atoms with Crippen LogP contribution in [0.4, 0.5) is 0 Å². The minimum absolute atomic E-state index is 0.0107. The predicted octanol–water partition coefficient (Wildman–Crippen LogP) is 3.40. The molecule has 1 aliphatic heterocycles. The van der Waals surface area contributed by atoms with E-state index in [-0.39, 0.29) is 23.3 Å². The summed E-state index contributed by atoms with van der Waals surface area (Å²) in [5.41, 5.74) is 3.24. The normalized spacial score (nSPS) is 17.4. The molecule has 1 N–H and O–H groups in total. The van der Waals surface area contributed by atoms with E-state index in [1.807, 2.05) is 44.0 Å². The minimum Gasteiger partial charge on any atom is -0.338 e. The van der Waals surface area contributed by atoms with Crippen molar-refractivity contribution in [1.29, 1.82) is 0 Å². The van der Waals surface area contributed by atoms with Crippen LogP contribution in [-0.4, -0.2) is 38.4 Å². The second kappa shape index (κ2) is 7.26. The molecule has 1 unspecified atom stereocenters. The average Bonchev–Trinajstić information content (AvgIpc) is 3.04. The van der Waals surface area contributed by atoms with E-state index in [4.69, 9.17) is 4.98 Å². The van der Waals surface area contributed by atoms with Gasteiger partial charge in [-0.3, -0.25) is 9.59 Å². The fourth-order valence-electron chi connectivity index (χ4n) is 4.20. The molecule has 3 aromatic rings. The number of aromatic amines is 1. The Balaban J connectivity index is 1.63. The molecule has 0 aliphatic carbocycles. The third-order valence-corrected chi connectivity index (χ3v) is 5.65. The molecule has 1 amide bonds. The summed E-state index contributed by atoms with van der Waals surface area (Å²) in [4.78, 5) is 34.6. The van der Waals surface area contributed by atoms with Gasteiger partial charge in [-0.05, 0) is 37.0 Å². The fraction of sp³-hybridized carbons (Fsp3) is 0.409. The second-order valence-electron chi connectivity index (χ2n) is 7.91.